The molecule has 0 saturated heterocycles. The van der Waals surface area contributed by atoms with Crippen molar-refractivity contribution in [3.63, 3.8) is 0 Å². The average Bonchev–Trinajstić information content (AvgIpc) is 2.49. The Balaban J connectivity index is 1.98. The van der Waals surface area contributed by atoms with E-state index in [4.69, 9.17) is 0 Å². The number of aliphatic hydroxyl groups excluding tert-OH is 1. The maximum atomic E-state index is 12.2. The number of carbonyl (C=O) groups is 1. The van der Waals surface area contributed by atoms with Gasteiger partial charge in [0, 0.05) is 25.6 Å². The molecule has 0 radical (unpaired) electrons. The van der Waals surface area contributed by atoms with Gasteiger partial charge in [0.25, 0.3) is 0 Å². The molecule has 1 atom stereocenters. The molecule has 2 rings (SSSR count). The van der Waals surface area contributed by atoms with Gasteiger partial charge in [0.15, 0.2) is 5.78 Å². The van der Waals surface area contributed by atoms with Crippen molar-refractivity contribution < 1.29 is 9.90 Å². The Hall–Kier alpha value is -1.94. The van der Waals surface area contributed by atoms with Crippen LogP contribution in [0.4, 0.5) is 0 Å². The van der Waals surface area contributed by atoms with E-state index >= 15 is 0 Å². The van der Waals surface area contributed by atoms with Gasteiger partial charge in [-0.05, 0) is 38.5 Å². The third-order valence-corrected chi connectivity index (χ3v) is 3.87. The average molecular weight is 300 g/mol. The number of hydrogen-bond acceptors (Lipinski definition) is 4. The van der Waals surface area contributed by atoms with Crippen molar-refractivity contribution in [2.24, 2.45) is 4.99 Å². The van der Waals surface area contributed by atoms with Gasteiger partial charge in [-0.3, -0.25) is 9.79 Å². The van der Waals surface area contributed by atoms with Crippen LogP contribution < -0.4 is 0 Å². The molecule has 0 bridgehead atoms. The summed E-state index contributed by atoms with van der Waals surface area (Å²) in [4.78, 5) is 18.6. The van der Waals surface area contributed by atoms with Crippen molar-refractivity contribution in [2.45, 2.75) is 25.2 Å². The van der Waals surface area contributed by atoms with Crippen LogP contribution in [0.5, 0.6) is 0 Å². The first-order chi connectivity index (χ1) is 10.6. The molecule has 4 heteroatoms. The number of nitrogens with zero attached hydrogens (tertiary/aromatic N) is 2. The molecule has 1 N–H and O–H groups in total. The molecule has 0 amide bonds. The summed E-state index contributed by atoms with van der Waals surface area (Å²) in [6.07, 6.45) is 3.44. The molecule has 1 aliphatic carbocycles. The van der Waals surface area contributed by atoms with Crippen molar-refractivity contribution in [1.29, 1.82) is 0 Å². The summed E-state index contributed by atoms with van der Waals surface area (Å²) in [6, 6.07) is 9.89. The molecule has 1 aliphatic rings. The van der Waals surface area contributed by atoms with Crippen molar-refractivity contribution >= 4 is 12.0 Å². The van der Waals surface area contributed by atoms with Crippen LogP contribution in [0.3, 0.4) is 0 Å². The standard InChI is InChI=1S/C18H24N2O2/c1-20(2)10-6-9-19-13-16-17(21)11-15(12-18(16)22)14-7-4-3-5-8-14/h3-5,7-8,13,15,21H,6,9-12H2,1-2H3. The van der Waals surface area contributed by atoms with E-state index in [0.717, 1.165) is 18.5 Å². The lowest BCUT2D eigenvalue weighted by atomic mass is 9.83. The highest BCUT2D eigenvalue weighted by Crippen LogP contribution is 2.32. The Labute approximate surface area is 132 Å². The molecule has 4 nitrogen and oxygen atoms in total. The Kier molecular flexibility index (Phi) is 5.90. The molecule has 0 spiro atoms. The van der Waals surface area contributed by atoms with Crippen molar-refractivity contribution in [3.8, 4) is 0 Å². The Bertz CT molecular complexity index is 562. The van der Waals surface area contributed by atoms with E-state index in [0.29, 0.717) is 25.0 Å². The smallest absolute Gasteiger partial charge is 0.168 e. The third kappa shape index (κ3) is 4.53. The fourth-order valence-electron chi connectivity index (χ4n) is 2.65. The van der Waals surface area contributed by atoms with E-state index in [-0.39, 0.29) is 17.5 Å². The molecule has 1 aromatic rings. The summed E-state index contributed by atoms with van der Waals surface area (Å²) >= 11 is 0. The summed E-state index contributed by atoms with van der Waals surface area (Å²) in [7, 11) is 4.04. The lowest BCUT2D eigenvalue weighted by molar-refractivity contribution is -0.116. The van der Waals surface area contributed by atoms with E-state index in [9.17, 15) is 9.90 Å². The van der Waals surface area contributed by atoms with Gasteiger partial charge in [-0.1, -0.05) is 30.3 Å². The lowest BCUT2D eigenvalue weighted by Crippen LogP contribution is -2.19. The second-order valence-electron chi connectivity index (χ2n) is 5.99. The molecule has 1 aromatic carbocycles. The highest BCUT2D eigenvalue weighted by Gasteiger charge is 2.27. The minimum absolute atomic E-state index is 0.0195. The number of hydrogen-bond donors (Lipinski definition) is 1. The van der Waals surface area contributed by atoms with Crippen LogP contribution in [0.1, 0.15) is 30.7 Å². The first-order valence-corrected chi connectivity index (χ1v) is 7.72. The minimum atomic E-state index is -0.0195. The predicted octanol–water partition coefficient (Wildman–Crippen LogP) is 2.97. The zero-order valence-corrected chi connectivity index (χ0v) is 13.3. The van der Waals surface area contributed by atoms with Gasteiger partial charge in [-0.2, -0.15) is 0 Å². The molecule has 118 valence electrons. The fourth-order valence-corrected chi connectivity index (χ4v) is 2.65. The van der Waals surface area contributed by atoms with Crippen LogP contribution in [-0.2, 0) is 4.79 Å². The maximum absolute atomic E-state index is 12.2. The third-order valence-electron chi connectivity index (χ3n) is 3.87. The van der Waals surface area contributed by atoms with Crippen LogP contribution in [0, 0.1) is 0 Å². The van der Waals surface area contributed by atoms with Gasteiger partial charge < -0.3 is 10.0 Å². The van der Waals surface area contributed by atoms with E-state index in [1.54, 1.807) is 6.21 Å². The molecule has 0 saturated carbocycles. The van der Waals surface area contributed by atoms with E-state index in [1.807, 2.05) is 44.4 Å². The number of aliphatic imine (C=N–C) groups is 1. The van der Waals surface area contributed by atoms with Crippen LogP contribution >= 0.6 is 0 Å². The van der Waals surface area contributed by atoms with Crippen molar-refractivity contribution in [3.05, 3.63) is 47.2 Å². The normalized spacial score (nSPS) is 19.4. The quantitative estimate of drug-likeness (QED) is 0.649. The molecular weight excluding hydrogens is 276 g/mol. The van der Waals surface area contributed by atoms with E-state index < -0.39 is 0 Å². The van der Waals surface area contributed by atoms with Gasteiger partial charge >= 0.3 is 0 Å². The SMILES string of the molecule is CN(C)CCCN=CC1=C(O)CC(c2ccccc2)CC1=O. The molecule has 0 fully saturated rings. The van der Waals surface area contributed by atoms with Gasteiger partial charge in [-0.25, -0.2) is 0 Å². The first-order valence-electron chi connectivity index (χ1n) is 7.72. The van der Waals surface area contributed by atoms with E-state index in [2.05, 4.69) is 9.89 Å². The van der Waals surface area contributed by atoms with E-state index in [1.165, 1.54) is 0 Å². The Morgan fingerprint density at radius 2 is 2.00 bits per heavy atom. The predicted molar refractivity (Wildman–Crippen MR) is 89.6 cm³/mol. The second kappa shape index (κ2) is 7.90. The van der Waals surface area contributed by atoms with Crippen LogP contribution in [-0.4, -0.2) is 49.2 Å². The Morgan fingerprint density at radius 3 is 2.64 bits per heavy atom. The molecule has 1 unspecified atom stereocenters. The summed E-state index contributed by atoms with van der Waals surface area (Å²) in [6.45, 7) is 1.64. The van der Waals surface area contributed by atoms with Crippen molar-refractivity contribution in [2.75, 3.05) is 27.2 Å². The number of ketones is 1. The maximum Gasteiger partial charge on any atom is 0.168 e. The molecule has 0 heterocycles. The number of aliphatic hydroxyl groups is 1. The second-order valence-corrected chi connectivity index (χ2v) is 5.99. The van der Waals surface area contributed by atoms with Gasteiger partial charge in [-0.15, -0.1) is 0 Å². The zero-order valence-electron chi connectivity index (χ0n) is 13.3. The van der Waals surface area contributed by atoms with Crippen LogP contribution in [0.25, 0.3) is 0 Å². The number of allylic oxidation sites excluding steroid dienone is 2. The summed E-state index contributed by atoms with van der Waals surface area (Å²) in [5.74, 6) is 0.218. The first kappa shape index (κ1) is 16.4. The van der Waals surface area contributed by atoms with Gasteiger partial charge in [0.05, 0.1) is 5.57 Å². The number of Topliss-reactive ketones (excluding diaryl/α,β-unsaturated/α-hetero) is 1. The molecule has 22 heavy (non-hydrogen) atoms. The van der Waals surface area contributed by atoms with Crippen molar-refractivity contribution in [1.82, 2.24) is 4.90 Å². The fraction of sp³-hybridized carbons (Fsp3) is 0.444. The van der Waals surface area contributed by atoms with Gasteiger partial charge in [0.1, 0.15) is 5.76 Å². The molecule has 0 aliphatic heterocycles. The lowest BCUT2D eigenvalue weighted by Gasteiger charge is -2.22. The number of carbonyl (C=O) groups excluding carboxylic acids is 1. The van der Waals surface area contributed by atoms with Crippen LogP contribution in [0.15, 0.2) is 46.7 Å². The summed E-state index contributed by atoms with van der Waals surface area (Å²) < 4.78 is 0. The topological polar surface area (TPSA) is 52.9 Å². The highest BCUT2D eigenvalue weighted by atomic mass is 16.3. The minimum Gasteiger partial charge on any atom is -0.511 e. The number of rotatable bonds is 6. The zero-order chi connectivity index (χ0) is 15.9. The highest BCUT2D eigenvalue weighted by molar-refractivity contribution is 6.14. The Morgan fingerprint density at radius 1 is 1.27 bits per heavy atom. The summed E-state index contributed by atoms with van der Waals surface area (Å²) in [5.41, 5.74) is 1.49. The largest absolute Gasteiger partial charge is 0.511 e. The molecule has 0 aromatic heterocycles. The van der Waals surface area contributed by atoms with Crippen LogP contribution in [0.2, 0.25) is 0 Å². The summed E-state index contributed by atoms with van der Waals surface area (Å²) in [5, 5.41) is 10.2. The molecular formula is C18H24N2O2. The number of benzene rings is 1. The monoisotopic (exact) mass is 300 g/mol. The van der Waals surface area contributed by atoms with Gasteiger partial charge in [0.2, 0.25) is 0 Å².